The molecule has 12 heteroatoms. The van der Waals surface area contributed by atoms with E-state index in [2.05, 4.69) is 9.97 Å². The number of ether oxygens (including phenoxy) is 1. The van der Waals surface area contributed by atoms with Crippen LogP contribution in [0.25, 0.3) is 11.0 Å². The molecule has 0 radical (unpaired) electrons. The number of halogens is 4. The van der Waals surface area contributed by atoms with E-state index < -0.39 is 33.6 Å². The molecular weight excluding hydrogens is 481 g/mol. The molecule has 7 nitrogen and oxygen atoms in total. The molecule has 0 amide bonds. The number of fused-ring (bicyclic) bond motifs is 1. The van der Waals surface area contributed by atoms with Crippen LogP contribution in [0.3, 0.4) is 0 Å². The number of sulfonamides is 1. The molecule has 2 aromatic carbocycles. The summed E-state index contributed by atoms with van der Waals surface area (Å²) in [5, 5.41) is 0.0440. The van der Waals surface area contributed by atoms with E-state index in [0.29, 0.717) is 0 Å². The zero-order chi connectivity index (χ0) is 23.4. The quantitative estimate of drug-likeness (QED) is 0.550. The Kier molecular flexibility index (Phi) is 5.47. The molecular formula is C21H18ClF3N4O3S. The Morgan fingerprint density at radius 2 is 1.85 bits per heavy atom. The van der Waals surface area contributed by atoms with Crippen LogP contribution >= 0.6 is 11.6 Å². The zero-order valence-electron chi connectivity index (χ0n) is 17.1. The van der Waals surface area contributed by atoms with E-state index in [4.69, 9.17) is 16.3 Å². The van der Waals surface area contributed by atoms with Gasteiger partial charge in [0.1, 0.15) is 10.7 Å². The van der Waals surface area contributed by atoms with Crippen LogP contribution in [0.1, 0.15) is 6.42 Å². The molecule has 2 aliphatic rings. The molecule has 3 aromatic rings. The number of rotatable bonds is 3. The van der Waals surface area contributed by atoms with Gasteiger partial charge in [0, 0.05) is 31.6 Å². The van der Waals surface area contributed by atoms with Crippen molar-refractivity contribution in [1.29, 1.82) is 0 Å². The topological polar surface area (TPSA) is 75.6 Å². The minimum atomic E-state index is -4.12. The van der Waals surface area contributed by atoms with Crippen molar-refractivity contribution in [2.24, 2.45) is 0 Å². The first kappa shape index (κ1) is 22.3. The highest BCUT2D eigenvalue weighted by Crippen LogP contribution is 2.41. The summed E-state index contributed by atoms with van der Waals surface area (Å²) in [6.07, 6.45) is -0.346. The smallest absolute Gasteiger partial charge is 0.247 e. The zero-order valence-corrected chi connectivity index (χ0v) is 18.7. The highest BCUT2D eigenvalue weighted by Gasteiger charge is 2.57. The molecule has 174 valence electrons. The molecule has 0 aliphatic carbocycles. The predicted molar refractivity (Wildman–Crippen MR) is 115 cm³/mol. The molecule has 0 N–H and O–H groups in total. The number of anilines is 1. The highest BCUT2D eigenvalue weighted by molar-refractivity contribution is 7.89. The molecule has 2 atom stereocenters. The Labute approximate surface area is 192 Å². The second-order valence-corrected chi connectivity index (χ2v) is 10.1. The maximum Gasteiger partial charge on any atom is 0.247 e. The summed E-state index contributed by atoms with van der Waals surface area (Å²) in [5.74, 6) is -1.83. The maximum atomic E-state index is 15.6. The minimum absolute atomic E-state index is 0.00536. The van der Waals surface area contributed by atoms with Gasteiger partial charge in [0.15, 0.2) is 23.5 Å². The van der Waals surface area contributed by atoms with Crippen molar-refractivity contribution in [3.05, 3.63) is 59.3 Å². The molecule has 1 spiro atoms. The molecule has 2 aliphatic heterocycles. The average Bonchev–Trinajstić information content (AvgIpc) is 3.22. The number of aromatic nitrogens is 2. The number of piperidine rings is 1. The van der Waals surface area contributed by atoms with Crippen molar-refractivity contribution in [3.63, 3.8) is 0 Å². The third-order valence-electron chi connectivity index (χ3n) is 5.98. The maximum absolute atomic E-state index is 15.6. The normalized spacial score (nSPS) is 24.1. The van der Waals surface area contributed by atoms with Gasteiger partial charge in [-0.1, -0.05) is 23.7 Å². The van der Waals surface area contributed by atoms with Crippen molar-refractivity contribution >= 4 is 38.5 Å². The van der Waals surface area contributed by atoms with E-state index in [-0.39, 0.29) is 59.4 Å². The summed E-state index contributed by atoms with van der Waals surface area (Å²) < 4.78 is 76.1. The van der Waals surface area contributed by atoms with Crippen LogP contribution in [0.5, 0.6) is 0 Å². The van der Waals surface area contributed by atoms with Crippen LogP contribution in [0, 0.1) is 11.6 Å². The number of nitrogens with zero attached hydrogens (tertiary/aromatic N) is 4. The third kappa shape index (κ3) is 3.63. The molecule has 0 unspecified atom stereocenters. The van der Waals surface area contributed by atoms with Crippen LogP contribution in [0.2, 0.25) is 5.02 Å². The summed E-state index contributed by atoms with van der Waals surface area (Å²) in [6, 6.07) is 7.86. The number of alkyl halides is 1. The predicted octanol–water partition coefficient (Wildman–Crippen LogP) is 3.53. The second kappa shape index (κ2) is 8.08. The molecule has 5 rings (SSSR count). The van der Waals surface area contributed by atoms with Crippen LogP contribution < -0.4 is 4.90 Å². The van der Waals surface area contributed by atoms with Crippen molar-refractivity contribution in [2.75, 3.05) is 31.1 Å². The fourth-order valence-electron chi connectivity index (χ4n) is 4.34. The largest absolute Gasteiger partial charge is 0.355 e. The first-order chi connectivity index (χ1) is 15.7. The molecule has 2 saturated heterocycles. The lowest BCUT2D eigenvalue weighted by atomic mass is 9.98. The van der Waals surface area contributed by atoms with Crippen molar-refractivity contribution < 1.29 is 26.3 Å². The molecule has 0 saturated carbocycles. The molecule has 0 bridgehead atoms. The fraction of sp³-hybridized carbons (Fsp3) is 0.333. The lowest BCUT2D eigenvalue weighted by molar-refractivity contribution is -0.116. The van der Waals surface area contributed by atoms with E-state index in [9.17, 15) is 17.2 Å². The van der Waals surface area contributed by atoms with Gasteiger partial charge in [-0.25, -0.2) is 26.6 Å². The summed E-state index contributed by atoms with van der Waals surface area (Å²) in [5.41, 5.74) is -1.38. The van der Waals surface area contributed by atoms with Gasteiger partial charge in [-0.3, -0.25) is 4.98 Å². The fourth-order valence-corrected chi connectivity index (χ4v) is 6.56. The Morgan fingerprint density at radius 1 is 1.12 bits per heavy atom. The lowest BCUT2D eigenvalue weighted by Gasteiger charge is -2.45. The molecule has 2 fully saturated rings. The number of benzene rings is 2. The molecule has 33 heavy (non-hydrogen) atoms. The Bertz CT molecular complexity index is 1350. The first-order valence-electron chi connectivity index (χ1n) is 10.1. The minimum Gasteiger partial charge on any atom is -0.355 e. The summed E-state index contributed by atoms with van der Waals surface area (Å²) >= 11 is 6.11. The van der Waals surface area contributed by atoms with Gasteiger partial charge in [-0.05, 0) is 12.1 Å². The Balaban J connectivity index is 1.43. The van der Waals surface area contributed by atoms with E-state index in [0.717, 1.165) is 16.4 Å². The van der Waals surface area contributed by atoms with Crippen LogP contribution in [0.15, 0.2) is 47.5 Å². The molecule has 1 aromatic heterocycles. The first-order valence-corrected chi connectivity index (χ1v) is 12.0. The van der Waals surface area contributed by atoms with Gasteiger partial charge in [0.2, 0.25) is 10.0 Å². The van der Waals surface area contributed by atoms with Crippen LogP contribution in [-0.2, 0) is 14.8 Å². The van der Waals surface area contributed by atoms with Crippen molar-refractivity contribution in [2.45, 2.75) is 23.2 Å². The van der Waals surface area contributed by atoms with E-state index in [1.54, 1.807) is 17.0 Å². The monoisotopic (exact) mass is 498 g/mol. The Morgan fingerprint density at radius 3 is 2.58 bits per heavy atom. The number of hydrogen-bond acceptors (Lipinski definition) is 6. The highest BCUT2D eigenvalue weighted by atomic mass is 35.5. The van der Waals surface area contributed by atoms with Crippen LogP contribution in [0.4, 0.5) is 19.0 Å². The standard InChI is InChI=1S/C21H18ClF3N4O3S/c22-13-3-1-2-4-18(13)33(30,31)29-7-8-32-21(29)5-6-28(12-19(21)25)20-11-26-16-9-14(23)15(24)10-17(16)27-20/h1-4,9-11,19H,5-8,12H2/t19-,21+/m1/s1. The second-order valence-electron chi connectivity index (χ2n) is 7.85. The lowest BCUT2D eigenvalue weighted by Crippen LogP contribution is -2.62. The van der Waals surface area contributed by atoms with Crippen molar-refractivity contribution in [1.82, 2.24) is 14.3 Å². The van der Waals surface area contributed by atoms with Gasteiger partial charge in [-0.2, -0.15) is 4.31 Å². The van der Waals surface area contributed by atoms with E-state index in [1.807, 2.05) is 0 Å². The van der Waals surface area contributed by atoms with Crippen molar-refractivity contribution in [3.8, 4) is 0 Å². The van der Waals surface area contributed by atoms with E-state index >= 15 is 4.39 Å². The van der Waals surface area contributed by atoms with Gasteiger partial charge in [0.05, 0.1) is 35.4 Å². The summed E-state index contributed by atoms with van der Waals surface area (Å²) in [4.78, 5) is 9.83. The van der Waals surface area contributed by atoms with E-state index in [1.165, 1.54) is 18.3 Å². The van der Waals surface area contributed by atoms with Crippen LogP contribution in [-0.4, -0.2) is 60.8 Å². The van der Waals surface area contributed by atoms with Gasteiger partial charge < -0.3 is 9.64 Å². The SMILES string of the molecule is O=S(=O)(c1ccccc1Cl)N1CCO[C@]12CCN(c1cnc3cc(F)c(F)cc3n1)C[C@H]2F. The average molecular weight is 499 g/mol. The third-order valence-corrected chi connectivity index (χ3v) is 8.40. The van der Waals surface area contributed by atoms with Gasteiger partial charge >= 0.3 is 0 Å². The number of hydrogen-bond donors (Lipinski definition) is 0. The van der Waals surface area contributed by atoms with Gasteiger partial charge in [0.25, 0.3) is 0 Å². The summed E-state index contributed by atoms with van der Waals surface area (Å²) in [6.45, 7) is 0.0244. The summed E-state index contributed by atoms with van der Waals surface area (Å²) in [7, 11) is -4.12. The molecule has 3 heterocycles. The Hall–Kier alpha value is -2.47. The van der Waals surface area contributed by atoms with Gasteiger partial charge in [-0.15, -0.1) is 0 Å².